The average Bonchev–Trinajstić information content (AvgIpc) is 2.79. The van der Waals surface area contributed by atoms with Crippen molar-refractivity contribution in [1.29, 1.82) is 0 Å². The molecule has 5 atom stereocenters. The van der Waals surface area contributed by atoms with Crippen LogP contribution in [0.4, 0.5) is 0 Å². The molecule has 0 aromatic heterocycles. The van der Waals surface area contributed by atoms with E-state index in [0.29, 0.717) is 5.94 Å². The summed E-state index contributed by atoms with van der Waals surface area (Å²) in [6.07, 6.45) is 0.00940. The first-order valence-corrected chi connectivity index (χ1v) is 11.2. The van der Waals surface area contributed by atoms with Crippen LogP contribution in [0.1, 0.15) is 19.8 Å². The summed E-state index contributed by atoms with van der Waals surface area (Å²) in [4.78, 5) is 11.6. The van der Waals surface area contributed by atoms with E-state index >= 15 is 0 Å². The first-order valence-electron chi connectivity index (χ1n) is 7.26. The van der Waals surface area contributed by atoms with Gasteiger partial charge in [-0.1, -0.05) is 34.9 Å². The molecule has 11 heteroatoms. The molecule has 1 aliphatic rings. The summed E-state index contributed by atoms with van der Waals surface area (Å²) in [5.74, 6) is 1.38. The second kappa shape index (κ2) is 11.4. The van der Waals surface area contributed by atoms with E-state index in [1.165, 1.54) is 7.11 Å². The zero-order valence-corrected chi connectivity index (χ0v) is 16.1. The third-order valence-electron chi connectivity index (χ3n) is 3.12. The Labute approximate surface area is 146 Å². The predicted octanol–water partition coefficient (Wildman–Crippen LogP) is 1.55. The molecule has 7 nitrogen and oxygen atoms in total. The Balaban J connectivity index is 2.56. The van der Waals surface area contributed by atoms with Gasteiger partial charge in [0.15, 0.2) is 0 Å². The number of methoxy groups -OCH3 is 1. The number of rotatable bonds is 12. The summed E-state index contributed by atoms with van der Waals surface area (Å²) in [5, 5.41) is 0. The van der Waals surface area contributed by atoms with Crippen LogP contribution < -0.4 is 4.89 Å². The molecule has 0 N–H and O–H groups in total. The predicted molar refractivity (Wildman–Crippen MR) is 90.5 cm³/mol. The Hall–Kier alpha value is 0.755. The second-order valence-corrected chi connectivity index (χ2v) is 8.84. The number of phosphoric ester groups is 1. The van der Waals surface area contributed by atoms with Gasteiger partial charge in [-0.15, -0.1) is 0 Å². The average molecular weight is 385 g/mol. The van der Waals surface area contributed by atoms with E-state index in [1.807, 2.05) is 0 Å². The number of phosphoric acid groups is 1. The standard InChI is InChI=1S/C12H24BO7PS2/c1-4-5-6-22-23-8-18-11-10(20-21(14,15)17-3)9(7-16-2)19-12(11)13/h9-12H,4-8H2,1-3H3,(H,14,15)/p-1/t9-,10+,11?,12-/m1/s1. The fourth-order valence-corrected chi connectivity index (χ4v) is 4.49. The molecule has 0 spiro atoms. The highest BCUT2D eigenvalue weighted by Crippen LogP contribution is 2.43. The van der Waals surface area contributed by atoms with Crippen molar-refractivity contribution in [3.8, 4) is 0 Å². The minimum atomic E-state index is -4.43. The molecule has 0 aliphatic carbocycles. The number of hydrogen-bond acceptors (Lipinski definition) is 9. The summed E-state index contributed by atoms with van der Waals surface area (Å²) in [6, 6.07) is -0.793. The zero-order chi connectivity index (χ0) is 17.3. The Morgan fingerprint density at radius 3 is 2.65 bits per heavy atom. The van der Waals surface area contributed by atoms with Crippen LogP contribution in [0.5, 0.6) is 0 Å². The Kier molecular flexibility index (Phi) is 10.8. The van der Waals surface area contributed by atoms with E-state index in [1.54, 1.807) is 21.6 Å². The van der Waals surface area contributed by atoms with Gasteiger partial charge in [-0.25, -0.2) is 0 Å². The molecule has 2 radical (unpaired) electrons. The fraction of sp³-hybridized carbons (Fsp3) is 1.00. The van der Waals surface area contributed by atoms with E-state index in [9.17, 15) is 9.46 Å². The van der Waals surface area contributed by atoms with Crippen LogP contribution in [0.2, 0.25) is 0 Å². The third-order valence-corrected chi connectivity index (χ3v) is 6.22. The minimum absolute atomic E-state index is 0.139. The van der Waals surface area contributed by atoms with Gasteiger partial charge in [-0.2, -0.15) is 0 Å². The van der Waals surface area contributed by atoms with Crippen molar-refractivity contribution in [2.75, 3.05) is 32.5 Å². The summed E-state index contributed by atoms with van der Waals surface area (Å²) in [6.45, 7) is 2.27. The minimum Gasteiger partial charge on any atom is -0.756 e. The lowest BCUT2D eigenvalue weighted by atomic mass is 9.93. The highest BCUT2D eigenvalue weighted by molar-refractivity contribution is 8.76. The molecule has 1 rings (SSSR count). The zero-order valence-electron chi connectivity index (χ0n) is 13.5. The van der Waals surface area contributed by atoms with Gasteiger partial charge in [0.2, 0.25) is 0 Å². The molecule has 134 valence electrons. The van der Waals surface area contributed by atoms with Gasteiger partial charge < -0.3 is 28.2 Å². The van der Waals surface area contributed by atoms with Gasteiger partial charge in [-0.3, -0.25) is 4.57 Å². The summed E-state index contributed by atoms with van der Waals surface area (Å²) in [5.41, 5.74) is 0. The Morgan fingerprint density at radius 2 is 2.04 bits per heavy atom. The Bertz CT molecular complexity index is 379. The van der Waals surface area contributed by atoms with Crippen LogP contribution in [-0.2, 0) is 27.8 Å². The molecular formula is C12H23BO7PS2-. The van der Waals surface area contributed by atoms with Gasteiger partial charge >= 0.3 is 0 Å². The molecular weight excluding hydrogens is 362 g/mol. The molecule has 0 amide bonds. The normalized spacial score (nSPS) is 30.4. The van der Waals surface area contributed by atoms with E-state index in [0.717, 1.165) is 25.7 Å². The smallest absolute Gasteiger partial charge is 0.268 e. The lowest BCUT2D eigenvalue weighted by Crippen LogP contribution is -2.39. The summed E-state index contributed by atoms with van der Waals surface area (Å²) in [7, 11) is 7.20. The molecule has 23 heavy (non-hydrogen) atoms. The van der Waals surface area contributed by atoms with Crippen molar-refractivity contribution >= 4 is 37.3 Å². The summed E-state index contributed by atoms with van der Waals surface area (Å²) >= 11 is 0. The SMILES string of the molecule is [B][C@@H]1O[C@H](COC)[C@H](OP(=O)([O-])OC)C1OCSSCCCC. The van der Waals surface area contributed by atoms with Crippen molar-refractivity contribution in [3.05, 3.63) is 0 Å². The number of unbranched alkanes of at least 4 members (excludes halogenated alkanes) is 1. The highest BCUT2D eigenvalue weighted by atomic mass is 33.1. The monoisotopic (exact) mass is 385 g/mol. The highest BCUT2D eigenvalue weighted by Gasteiger charge is 2.45. The topological polar surface area (TPSA) is 86.3 Å². The maximum Gasteiger partial charge on any atom is 0.268 e. The van der Waals surface area contributed by atoms with Gasteiger partial charge in [-0.05, 0) is 6.42 Å². The largest absolute Gasteiger partial charge is 0.756 e. The maximum absolute atomic E-state index is 11.6. The lowest BCUT2D eigenvalue weighted by Gasteiger charge is -2.30. The fourth-order valence-electron chi connectivity index (χ4n) is 1.97. The molecule has 1 aliphatic heterocycles. The van der Waals surface area contributed by atoms with Crippen LogP contribution in [0.3, 0.4) is 0 Å². The van der Waals surface area contributed by atoms with Crippen LogP contribution in [-0.4, -0.2) is 64.7 Å². The first-order chi connectivity index (χ1) is 10.9. The Morgan fingerprint density at radius 1 is 1.30 bits per heavy atom. The molecule has 1 fully saturated rings. The second-order valence-electron chi connectivity index (χ2n) is 4.84. The van der Waals surface area contributed by atoms with Crippen molar-refractivity contribution < 1.29 is 32.7 Å². The van der Waals surface area contributed by atoms with Gasteiger partial charge in [0.05, 0.1) is 6.61 Å². The van der Waals surface area contributed by atoms with Gasteiger partial charge in [0, 0.05) is 26.0 Å². The van der Waals surface area contributed by atoms with Crippen molar-refractivity contribution in [2.24, 2.45) is 0 Å². The quantitative estimate of drug-likeness (QED) is 0.163. The van der Waals surface area contributed by atoms with Crippen LogP contribution in [0.25, 0.3) is 0 Å². The van der Waals surface area contributed by atoms with Gasteiger partial charge in [0.25, 0.3) is 7.82 Å². The van der Waals surface area contributed by atoms with E-state index in [-0.39, 0.29) is 6.61 Å². The first kappa shape index (κ1) is 21.8. The van der Waals surface area contributed by atoms with Crippen LogP contribution in [0, 0.1) is 0 Å². The van der Waals surface area contributed by atoms with Crippen molar-refractivity contribution in [2.45, 2.75) is 44.1 Å². The number of hydrogen-bond donors (Lipinski definition) is 0. The molecule has 0 saturated carbocycles. The maximum atomic E-state index is 11.6. The molecule has 0 aromatic carbocycles. The molecule has 2 unspecified atom stereocenters. The van der Waals surface area contributed by atoms with Crippen LogP contribution in [0.15, 0.2) is 0 Å². The van der Waals surface area contributed by atoms with Crippen molar-refractivity contribution in [3.63, 3.8) is 0 Å². The van der Waals surface area contributed by atoms with E-state index in [4.69, 9.17) is 26.6 Å². The molecule has 0 bridgehead atoms. The molecule has 1 saturated heterocycles. The number of ether oxygens (including phenoxy) is 3. The molecule has 0 aromatic rings. The third kappa shape index (κ3) is 7.67. The molecule has 1 heterocycles. The van der Waals surface area contributed by atoms with Crippen molar-refractivity contribution in [1.82, 2.24) is 0 Å². The van der Waals surface area contributed by atoms with E-state index in [2.05, 4.69) is 11.4 Å². The van der Waals surface area contributed by atoms with Gasteiger partial charge in [0.1, 0.15) is 32.1 Å². The van der Waals surface area contributed by atoms with E-state index < -0.39 is 32.1 Å². The lowest BCUT2D eigenvalue weighted by molar-refractivity contribution is -0.231. The summed E-state index contributed by atoms with van der Waals surface area (Å²) < 4.78 is 37.2. The van der Waals surface area contributed by atoms with Crippen LogP contribution >= 0.6 is 29.4 Å².